The molecule has 0 bridgehead atoms. The summed E-state index contributed by atoms with van der Waals surface area (Å²) in [4.78, 5) is 15.9. The lowest BCUT2D eigenvalue weighted by atomic mass is 10.3. The van der Waals surface area contributed by atoms with E-state index in [4.69, 9.17) is 0 Å². The summed E-state index contributed by atoms with van der Waals surface area (Å²) in [5, 5.41) is 6.25. The third kappa shape index (κ3) is 2.86. The Kier molecular flexibility index (Phi) is 3.25. The Morgan fingerprint density at radius 2 is 2.33 bits per heavy atom. The molecular formula is C13H15N3OS. The average Bonchev–Trinajstić information content (AvgIpc) is 3.06. The summed E-state index contributed by atoms with van der Waals surface area (Å²) in [6.07, 6.45) is 3.03. The molecule has 94 valence electrons. The second-order valence-electron chi connectivity index (χ2n) is 4.56. The molecule has 1 fully saturated rings. The zero-order valence-corrected chi connectivity index (χ0v) is 10.8. The summed E-state index contributed by atoms with van der Waals surface area (Å²) in [5.41, 5.74) is 3.65. The van der Waals surface area contributed by atoms with Gasteiger partial charge in [0.15, 0.2) is 0 Å². The molecule has 18 heavy (non-hydrogen) atoms. The molecule has 0 spiro atoms. The van der Waals surface area contributed by atoms with Gasteiger partial charge in [-0.05, 0) is 31.0 Å². The third-order valence-electron chi connectivity index (χ3n) is 2.98. The van der Waals surface area contributed by atoms with Crippen molar-refractivity contribution in [2.24, 2.45) is 0 Å². The van der Waals surface area contributed by atoms with E-state index in [9.17, 15) is 4.79 Å². The fraction of sp³-hybridized carbons (Fsp3) is 0.385. The highest BCUT2D eigenvalue weighted by Gasteiger charge is 2.20. The van der Waals surface area contributed by atoms with Crippen LogP contribution in [-0.4, -0.2) is 23.5 Å². The van der Waals surface area contributed by atoms with E-state index in [0.29, 0.717) is 12.5 Å². The molecule has 4 nitrogen and oxygen atoms in total. The van der Waals surface area contributed by atoms with Crippen LogP contribution in [0.3, 0.4) is 0 Å². The van der Waals surface area contributed by atoms with Crippen LogP contribution < -0.4 is 10.6 Å². The van der Waals surface area contributed by atoms with Crippen LogP contribution in [0.4, 0.5) is 5.69 Å². The Morgan fingerprint density at radius 3 is 3.17 bits per heavy atom. The molecule has 1 saturated carbocycles. The van der Waals surface area contributed by atoms with Gasteiger partial charge in [-0.1, -0.05) is 0 Å². The van der Waals surface area contributed by atoms with E-state index in [-0.39, 0.29) is 5.91 Å². The number of benzene rings is 1. The molecule has 5 heteroatoms. The Hall–Kier alpha value is -1.46. The number of carbonyl (C=O) groups is 1. The first-order valence-electron chi connectivity index (χ1n) is 6.18. The van der Waals surface area contributed by atoms with Crippen molar-refractivity contribution in [1.82, 2.24) is 10.3 Å². The summed E-state index contributed by atoms with van der Waals surface area (Å²) < 4.78 is 1.10. The number of carbonyl (C=O) groups excluding carboxylic acids is 1. The van der Waals surface area contributed by atoms with E-state index in [2.05, 4.69) is 15.6 Å². The van der Waals surface area contributed by atoms with Crippen LogP contribution in [0.25, 0.3) is 10.2 Å². The smallest absolute Gasteiger partial charge is 0.225 e. The maximum absolute atomic E-state index is 11.7. The molecule has 3 rings (SSSR count). The lowest BCUT2D eigenvalue weighted by molar-refractivity contribution is -0.116. The first-order valence-corrected chi connectivity index (χ1v) is 7.06. The second kappa shape index (κ2) is 5.04. The minimum Gasteiger partial charge on any atom is -0.326 e. The quantitative estimate of drug-likeness (QED) is 0.869. The van der Waals surface area contributed by atoms with E-state index >= 15 is 0 Å². The number of rotatable bonds is 5. The van der Waals surface area contributed by atoms with Gasteiger partial charge in [0.2, 0.25) is 5.91 Å². The molecule has 0 aliphatic heterocycles. The lowest BCUT2D eigenvalue weighted by Gasteiger charge is -2.05. The van der Waals surface area contributed by atoms with Gasteiger partial charge >= 0.3 is 0 Å². The van der Waals surface area contributed by atoms with Gasteiger partial charge in [-0.25, -0.2) is 4.98 Å². The highest BCUT2D eigenvalue weighted by Crippen LogP contribution is 2.22. The van der Waals surface area contributed by atoms with Gasteiger partial charge < -0.3 is 10.6 Å². The predicted molar refractivity (Wildman–Crippen MR) is 73.9 cm³/mol. The number of nitrogens with one attached hydrogen (secondary N) is 2. The van der Waals surface area contributed by atoms with Crippen LogP contribution >= 0.6 is 11.3 Å². The molecule has 0 saturated heterocycles. The number of anilines is 1. The van der Waals surface area contributed by atoms with Crippen molar-refractivity contribution in [2.45, 2.75) is 25.3 Å². The van der Waals surface area contributed by atoms with Gasteiger partial charge in [0.1, 0.15) is 0 Å². The normalized spacial score (nSPS) is 14.9. The Morgan fingerprint density at radius 1 is 1.44 bits per heavy atom. The number of thiazole rings is 1. The molecule has 1 heterocycles. The zero-order chi connectivity index (χ0) is 12.4. The van der Waals surface area contributed by atoms with E-state index < -0.39 is 0 Å². The van der Waals surface area contributed by atoms with Crippen LogP contribution in [0.5, 0.6) is 0 Å². The molecule has 1 aromatic heterocycles. The highest BCUT2D eigenvalue weighted by atomic mass is 32.1. The predicted octanol–water partition coefficient (Wildman–Crippen LogP) is 2.38. The minimum atomic E-state index is 0.0621. The van der Waals surface area contributed by atoms with E-state index in [0.717, 1.165) is 22.4 Å². The maximum atomic E-state index is 11.7. The minimum absolute atomic E-state index is 0.0621. The first kappa shape index (κ1) is 11.6. The monoisotopic (exact) mass is 261 g/mol. The molecule has 0 atom stereocenters. The molecule has 2 aromatic rings. The van der Waals surface area contributed by atoms with Crippen molar-refractivity contribution >= 4 is 33.1 Å². The molecule has 0 radical (unpaired) electrons. The summed E-state index contributed by atoms with van der Waals surface area (Å²) in [6, 6.07) is 6.46. The van der Waals surface area contributed by atoms with Crippen molar-refractivity contribution in [2.75, 3.05) is 11.9 Å². The first-order chi connectivity index (χ1) is 8.81. The van der Waals surface area contributed by atoms with Crippen molar-refractivity contribution in [3.8, 4) is 0 Å². The van der Waals surface area contributed by atoms with Gasteiger partial charge in [-0.2, -0.15) is 0 Å². The number of aromatic nitrogens is 1. The van der Waals surface area contributed by atoms with Crippen LogP contribution in [-0.2, 0) is 4.79 Å². The van der Waals surface area contributed by atoms with Crippen LogP contribution in [0.1, 0.15) is 19.3 Å². The van der Waals surface area contributed by atoms with Crippen molar-refractivity contribution in [3.63, 3.8) is 0 Å². The maximum Gasteiger partial charge on any atom is 0.225 e. The molecule has 1 aliphatic carbocycles. The topological polar surface area (TPSA) is 54.0 Å². The van der Waals surface area contributed by atoms with Gasteiger partial charge in [-0.3, -0.25) is 4.79 Å². The van der Waals surface area contributed by atoms with Crippen LogP contribution in [0.2, 0.25) is 0 Å². The van der Waals surface area contributed by atoms with Crippen LogP contribution in [0.15, 0.2) is 23.7 Å². The van der Waals surface area contributed by atoms with Gasteiger partial charge in [0, 0.05) is 24.7 Å². The number of amides is 1. The van der Waals surface area contributed by atoms with E-state index in [1.54, 1.807) is 11.3 Å². The number of fused-ring (bicyclic) bond motifs is 1. The molecule has 1 aliphatic rings. The number of hydrogen-bond donors (Lipinski definition) is 2. The second-order valence-corrected chi connectivity index (χ2v) is 5.45. The Balaban J connectivity index is 1.55. The molecular weight excluding hydrogens is 246 g/mol. The summed E-state index contributed by atoms with van der Waals surface area (Å²) in [5.74, 6) is 0.0621. The van der Waals surface area contributed by atoms with Crippen molar-refractivity contribution in [3.05, 3.63) is 23.7 Å². The van der Waals surface area contributed by atoms with Gasteiger partial charge in [-0.15, -0.1) is 11.3 Å². The van der Waals surface area contributed by atoms with Crippen molar-refractivity contribution in [1.29, 1.82) is 0 Å². The summed E-state index contributed by atoms with van der Waals surface area (Å²) in [7, 11) is 0. The van der Waals surface area contributed by atoms with Gasteiger partial charge in [0.25, 0.3) is 0 Å². The van der Waals surface area contributed by atoms with Gasteiger partial charge in [0.05, 0.1) is 15.7 Å². The van der Waals surface area contributed by atoms with Crippen molar-refractivity contribution < 1.29 is 4.79 Å². The average molecular weight is 261 g/mol. The largest absolute Gasteiger partial charge is 0.326 e. The molecule has 1 amide bonds. The molecule has 1 aromatic carbocycles. The number of hydrogen-bond acceptors (Lipinski definition) is 4. The third-order valence-corrected chi connectivity index (χ3v) is 3.77. The van der Waals surface area contributed by atoms with Crippen LogP contribution in [0, 0.1) is 0 Å². The fourth-order valence-electron chi connectivity index (χ4n) is 1.83. The molecule has 0 unspecified atom stereocenters. The summed E-state index contributed by atoms with van der Waals surface area (Å²) >= 11 is 1.58. The zero-order valence-electron chi connectivity index (χ0n) is 9.98. The molecule has 2 N–H and O–H groups in total. The fourth-order valence-corrected chi connectivity index (χ4v) is 2.55. The Bertz CT molecular complexity index is 562. The summed E-state index contributed by atoms with van der Waals surface area (Å²) in [6.45, 7) is 0.763. The lowest BCUT2D eigenvalue weighted by Crippen LogP contribution is -2.23. The SMILES string of the molecule is O=C(CCNC1CC1)Nc1ccc2ncsc2c1. The Labute approximate surface area is 109 Å². The van der Waals surface area contributed by atoms with E-state index in [1.807, 2.05) is 23.7 Å². The highest BCUT2D eigenvalue weighted by molar-refractivity contribution is 7.16. The number of nitrogens with zero attached hydrogens (tertiary/aromatic N) is 1. The van der Waals surface area contributed by atoms with E-state index in [1.165, 1.54) is 12.8 Å². The standard InChI is InChI=1S/C13H15N3OS/c17-13(5-6-14-9-1-2-9)16-10-3-4-11-12(7-10)18-8-15-11/h3-4,7-9,14H,1-2,5-6H2,(H,16,17).